The van der Waals surface area contributed by atoms with Crippen LogP contribution < -0.4 is 0 Å². The standard InChI is InChI=1S/C23H15N5OS2/c24-11-16(21-27-17-8-4-5-9-18(17)28-21)19(29)12-30-22-15-10-20(14-6-2-1-3-7-14)31-23(15)26-13-25-22/h1-10,13,29H,12H2,(H,27,28). The highest BCUT2D eigenvalue weighted by atomic mass is 32.2. The molecule has 0 atom stereocenters. The number of imidazole rings is 1. The number of aliphatic hydroxyl groups excluding tert-OH is 1. The molecule has 0 saturated carbocycles. The van der Waals surface area contributed by atoms with E-state index in [9.17, 15) is 10.4 Å². The summed E-state index contributed by atoms with van der Waals surface area (Å²) in [5.41, 5.74) is 2.81. The van der Waals surface area contributed by atoms with Gasteiger partial charge in [0.1, 0.15) is 33.6 Å². The average molecular weight is 442 g/mol. The van der Waals surface area contributed by atoms with Crippen molar-refractivity contribution in [1.29, 1.82) is 5.26 Å². The SMILES string of the molecule is N#CC(=C(O)CSc1ncnc2sc(-c3ccccc3)cc12)c1nc2ccccc2[nH]1. The number of hydrogen-bond donors (Lipinski definition) is 2. The molecule has 0 aliphatic carbocycles. The molecule has 2 N–H and O–H groups in total. The van der Waals surface area contributed by atoms with Crippen LogP contribution in [0.4, 0.5) is 0 Å². The van der Waals surface area contributed by atoms with E-state index < -0.39 is 0 Å². The number of aliphatic hydroxyl groups is 1. The van der Waals surface area contributed by atoms with Gasteiger partial charge in [0.25, 0.3) is 0 Å². The normalized spacial score (nSPS) is 12.1. The molecule has 0 saturated heterocycles. The second-order valence-corrected chi connectivity index (χ2v) is 8.69. The fraction of sp³-hybridized carbons (Fsp3) is 0.0435. The Hall–Kier alpha value is -3.67. The van der Waals surface area contributed by atoms with Crippen LogP contribution in [-0.4, -0.2) is 30.8 Å². The first-order valence-electron chi connectivity index (χ1n) is 9.43. The summed E-state index contributed by atoms with van der Waals surface area (Å²) in [6, 6.07) is 21.8. The lowest BCUT2D eigenvalue weighted by Gasteiger charge is -2.03. The molecule has 0 bridgehead atoms. The van der Waals surface area contributed by atoms with Gasteiger partial charge in [-0.25, -0.2) is 15.0 Å². The summed E-state index contributed by atoms with van der Waals surface area (Å²) >= 11 is 2.97. The molecule has 5 rings (SSSR count). The van der Waals surface area contributed by atoms with Crippen molar-refractivity contribution in [2.45, 2.75) is 5.03 Å². The van der Waals surface area contributed by atoms with Gasteiger partial charge in [-0.05, 0) is 23.8 Å². The maximum absolute atomic E-state index is 10.6. The van der Waals surface area contributed by atoms with Gasteiger partial charge >= 0.3 is 0 Å². The number of fused-ring (bicyclic) bond motifs is 2. The minimum Gasteiger partial charge on any atom is -0.510 e. The third-order valence-electron chi connectivity index (χ3n) is 4.72. The molecule has 3 aromatic heterocycles. The number of nitrogens with zero attached hydrogens (tertiary/aromatic N) is 4. The minimum atomic E-state index is -0.0446. The minimum absolute atomic E-state index is 0.0446. The molecule has 0 spiro atoms. The van der Waals surface area contributed by atoms with E-state index >= 15 is 0 Å². The van der Waals surface area contributed by atoms with Gasteiger partial charge in [0.2, 0.25) is 0 Å². The number of para-hydroxylation sites is 2. The van der Waals surface area contributed by atoms with E-state index in [-0.39, 0.29) is 17.1 Å². The van der Waals surface area contributed by atoms with Crippen LogP contribution in [0.15, 0.2) is 77.8 Å². The Morgan fingerprint density at radius 1 is 1.10 bits per heavy atom. The highest BCUT2D eigenvalue weighted by molar-refractivity contribution is 7.99. The first-order chi connectivity index (χ1) is 15.2. The molecule has 0 unspecified atom stereocenters. The van der Waals surface area contributed by atoms with E-state index in [0.717, 1.165) is 36.7 Å². The molecule has 0 radical (unpaired) electrons. The van der Waals surface area contributed by atoms with Crippen LogP contribution in [0.1, 0.15) is 5.82 Å². The summed E-state index contributed by atoms with van der Waals surface area (Å²) in [5.74, 6) is 0.510. The molecule has 2 aromatic carbocycles. The van der Waals surface area contributed by atoms with Crippen LogP contribution in [0.5, 0.6) is 0 Å². The van der Waals surface area contributed by atoms with Crippen molar-refractivity contribution in [3.05, 3.63) is 78.6 Å². The fourth-order valence-corrected chi connectivity index (χ4v) is 5.15. The summed E-state index contributed by atoms with van der Waals surface area (Å²) in [5, 5.41) is 21.9. The molecule has 31 heavy (non-hydrogen) atoms. The number of hydrogen-bond acceptors (Lipinski definition) is 7. The molecule has 6 nitrogen and oxygen atoms in total. The van der Waals surface area contributed by atoms with Crippen LogP contribution in [0.25, 0.3) is 37.3 Å². The molecule has 0 aliphatic rings. The molecular formula is C23H15N5OS2. The first kappa shape index (κ1) is 19.3. The Balaban J connectivity index is 1.44. The van der Waals surface area contributed by atoms with Gasteiger partial charge in [-0.1, -0.05) is 54.2 Å². The molecule has 3 heterocycles. The lowest BCUT2D eigenvalue weighted by molar-refractivity contribution is 0.420. The van der Waals surface area contributed by atoms with Crippen LogP contribution in [0.2, 0.25) is 0 Å². The van der Waals surface area contributed by atoms with Crippen molar-refractivity contribution in [2.75, 3.05) is 5.75 Å². The molecule has 0 aliphatic heterocycles. The van der Waals surface area contributed by atoms with Gasteiger partial charge in [-0.2, -0.15) is 5.26 Å². The van der Waals surface area contributed by atoms with Crippen molar-refractivity contribution in [1.82, 2.24) is 19.9 Å². The number of benzene rings is 2. The number of nitrogens with one attached hydrogen (secondary N) is 1. The van der Waals surface area contributed by atoms with Gasteiger partial charge in [-0.3, -0.25) is 0 Å². The molecule has 0 amide bonds. The Labute approximate surface area is 185 Å². The van der Waals surface area contributed by atoms with Gasteiger partial charge in [0.15, 0.2) is 5.82 Å². The zero-order valence-corrected chi connectivity index (χ0v) is 17.7. The van der Waals surface area contributed by atoms with Gasteiger partial charge in [0.05, 0.1) is 16.8 Å². The number of allylic oxidation sites excluding steroid dienone is 1. The third kappa shape index (κ3) is 3.77. The number of aromatic amines is 1. The van der Waals surface area contributed by atoms with E-state index in [0.29, 0.717) is 5.82 Å². The smallest absolute Gasteiger partial charge is 0.152 e. The van der Waals surface area contributed by atoms with E-state index in [1.165, 1.54) is 18.1 Å². The van der Waals surface area contributed by atoms with Gasteiger partial charge in [-0.15, -0.1) is 11.3 Å². The topological polar surface area (TPSA) is 98.5 Å². The molecule has 8 heteroatoms. The highest BCUT2D eigenvalue weighted by Crippen LogP contribution is 2.36. The predicted octanol–water partition coefficient (Wildman–Crippen LogP) is 5.82. The second kappa shape index (κ2) is 8.22. The van der Waals surface area contributed by atoms with Crippen LogP contribution in [0, 0.1) is 11.3 Å². The van der Waals surface area contributed by atoms with Crippen molar-refractivity contribution >= 4 is 49.9 Å². The van der Waals surface area contributed by atoms with Crippen molar-refractivity contribution < 1.29 is 5.11 Å². The van der Waals surface area contributed by atoms with E-state index in [1.807, 2.05) is 42.5 Å². The largest absolute Gasteiger partial charge is 0.510 e. The maximum atomic E-state index is 10.6. The number of nitriles is 1. The first-order valence-corrected chi connectivity index (χ1v) is 11.2. The Morgan fingerprint density at radius 2 is 1.90 bits per heavy atom. The summed E-state index contributed by atoms with van der Waals surface area (Å²) < 4.78 is 0. The lowest BCUT2D eigenvalue weighted by Crippen LogP contribution is -1.96. The summed E-state index contributed by atoms with van der Waals surface area (Å²) in [4.78, 5) is 18.3. The number of thioether (sulfide) groups is 1. The summed E-state index contributed by atoms with van der Waals surface area (Å²) in [6.07, 6.45) is 1.53. The van der Waals surface area contributed by atoms with Crippen LogP contribution >= 0.6 is 23.1 Å². The van der Waals surface area contributed by atoms with Gasteiger partial charge in [0, 0.05) is 10.3 Å². The Bertz CT molecular complexity index is 1430. The monoisotopic (exact) mass is 441 g/mol. The average Bonchev–Trinajstić information content (AvgIpc) is 3.43. The second-order valence-electron chi connectivity index (χ2n) is 6.70. The summed E-state index contributed by atoms with van der Waals surface area (Å²) in [7, 11) is 0. The van der Waals surface area contributed by atoms with Gasteiger partial charge < -0.3 is 10.1 Å². The van der Waals surface area contributed by atoms with Crippen molar-refractivity contribution in [3.8, 4) is 16.5 Å². The molecule has 5 aromatic rings. The van der Waals surface area contributed by atoms with E-state index in [2.05, 4.69) is 44.2 Å². The zero-order chi connectivity index (χ0) is 21.2. The summed E-state index contributed by atoms with van der Waals surface area (Å²) in [6.45, 7) is 0. The zero-order valence-electron chi connectivity index (χ0n) is 16.1. The molecular weight excluding hydrogens is 426 g/mol. The number of rotatable bonds is 5. The highest BCUT2D eigenvalue weighted by Gasteiger charge is 2.15. The van der Waals surface area contributed by atoms with Crippen molar-refractivity contribution in [3.63, 3.8) is 0 Å². The van der Waals surface area contributed by atoms with E-state index in [4.69, 9.17) is 0 Å². The number of aromatic nitrogens is 4. The Morgan fingerprint density at radius 3 is 2.71 bits per heavy atom. The number of H-pyrrole nitrogens is 1. The van der Waals surface area contributed by atoms with Crippen LogP contribution in [0.3, 0.4) is 0 Å². The number of thiophene rings is 1. The third-order valence-corrected chi connectivity index (χ3v) is 6.83. The van der Waals surface area contributed by atoms with Crippen molar-refractivity contribution in [2.24, 2.45) is 0 Å². The van der Waals surface area contributed by atoms with Crippen LogP contribution in [-0.2, 0) is 0 Å². The van der Waals surface area contributed by atoms with E-state index in [1.54, 1.807) is 11.3 Å². The predicted molar refractivity (Wildman–Crippen MR) is 125 cm³/mol. The molecule has 150 valence electrons. The fourth-order valence-electron chi connectivity index (χ4n) is 3.23. The quantitative estimate of drug-likeness (QED) is 0.154. The lowest BCUT2D eigenvalue weighted by atomic mass is 10.2. The maximum Gasteiger partial charge on any atom is 0.152 e. The Kier molecular flexibility index (Phi) is 5.12. The molecule has 0 fully saturated rings.